The fourth-order valence-corrected chi connectivity index (χ4v) is 3.93. The number of carbonyl (C=O) groups is 1. The standard InChI is InChI=1S/C25H21FN2O4S/c1-30-18-11-12-20(23(13-18)31-2)27-24(29)21-15-33-25(28-21)19-5-3-4-6-22(19)32-14-16-7-9-17(26)10-8-16/h3-13,15H,14H2,1-2H3,(H,27,29). The van der Waals surface area contributed by atoms with Gasteiger partial charge in [-0.15, -0.1) is 11.3 Å². The number of hydrogen-bond donors (Lipinski definition) is 1. The van der Waals surface area contributed by atoms with Crippen molar-refractivity contribution in [2.75, 3.05) is 19.5 Å². The van der Waals surface area contributed by atoms with Crippen molar-refractivity contribution in [1.82, 2.24) is 4.98 Å². The smallest absolute Gasteiger partial charge is 0.275 e. The molecule has 0 aliphatic heterocycles. The molecule has 8 heteroatoms. The summed E-state index contributed by atoms with van der Waals surface area (Å²) in [6.45, 7) is 0.285. The van der Waals surface area contributed by atoms with Gasteiger partial charge in [-0.2, -0.15) is 0 Å². The number of halogens is 1. The highest BCUT2D eigenvalue weighted by molar-refractivity contribution is 7.13. The molecule has 4 aromatic rings. The molecule has 6 nitrogen and oxygen atoms in total. The average Bonchev–Trinajstić information content (AvgIpc) is 3.34. The molecule has 0 saturated heterocycles. The summed E-state index contributed by atoms with van der Waals surface area (Å²) in [5, 5.41) is 5.16. The predicted octanol–water partition coefficient (Wildman–Crippen LogP) is 5.80. The maximum Gasteiger partial charge on any atom is 0.275 e. The molecule has 1 N–H and O–H groups in total. The molecule has 0 radical (unpaired) electrons. The number of aromatic nitrogens is 1. The first-order valence-electron chi connectivity index (χ1n) is 10.0. The van der Waals surface area contributed by atoms with Gasteiger partial charge in [0.05, 0.1) is 25.5 Å². The lowest BCUT2D eigenvalue weighted by molar-refractivity contribution is 0.102. The van der Waals surface area contributed by atoms with E-state index in [0.717, 1.165) is 11.1 Å². The van der Waals surface area contributed by atoms with E-state index >= 15 is 0 Å². The van der Waals surface area contributed by atoms with Crippen molar-refractivity contribution in [1.29, 1.82) is 0 Å². The van der Waals surface area contributed by atoms with Crippen LogP contribution in [0.15, 0.2) is 72.1 Å². The Hall–Kier alpha value is -3.91. The number of ether oxygens (including phenoxy) is 3. The van der Waals surface area contributed by atoms with Gasteiger partial charge in [-0.3, -0.25) is 4.79 Å². The maximum atomic E-state index is 13.1. The summed E-state index contributed by atoms with van der Waals surface area (Å²) in [7, 11) is 3.08. The quantitative estimate of drug-likeness (QED) is 0.357. The zero-order valence-corrected chi connectivity index (χ0v) is 18.8. The number of carbonyl (C=O) groups excluding carboxylic acids is 1. The molecule has 0 unspecified atom stereocenters. The Kier molecular flexibility index (Phi) is 6.85. The van der Waals surface area contributed by atoms with E-state index < -0.39 is 0 Å². The van der Waals surface area contributed by atoms with E-state index in [1.54, 1.807) is 42.8 Å². The molecule has 1 aromatic heterocycles. The van der Waals surface area contributed by atoms with Gasteiger partial charge < -0.3 is 19.5 Å². The molecule has 0 bridgehead atoms. The van der Waals surface area contributed by atoms with Crippen molar-refractivity contribution in [3.63, 3.8) is 0 Å². The molecule has 0 fully saturated rings. The average molecular weight is 465 g/mol. The van der Waals surface area contributed by atoms with Crippen molar-refractivity contribution < 1.29 is 23.4 Å². The Labute approximate surface area is 194 Å². The number of anilines is 1. The number of thiazole rings is 1. The topological polar surface area (TPSA) is 69.7 Å². The lowest BCUT2D eigenvalue weighted by Gasteiger charge is -2.11. The van der Waals surface area contributed by atoms with Gasteiger partial charge in [0.25, 0.3) is 5.91 Å². The summed E-state index contributed by atoms with van der Waals surface area (Å²) in [4.78, 5) is 17.3. The van der Waals surface area contributed by atoms with Crippen molar-refractivity contribution in [2.45, 2.75) is 6.61 Å². The summed E-state index contributed by atoms with van der Waals surface area (Å²) >= 11 is 1.34. The molecule has 1 amide bonds. The van der Waals surface area contributed by atoms with Crippen molar-refractivity contribution in [2.24, 2.45) is 0 Å². The van der Waals surface area contributed by atoms with Crippen LogP contribution in [0.2, 0.25) is 0 Å². The molecule has 0 atom stereocenters. The Morgan fingerprint density at radius 1 is 1.00 bits per heavy atom. The molecule has 0 spiro atoms. The highest BCUT2D eigenvalue weighted by Gasteiger charge is 2.16. The van der Waals surface area contributed by atoms with E-state index in [2.05, 4.69) is 10.3 Å². The highest BCUT2D eigenvalue weighted by Crippen LogP contribution is 2.34. The second-order valence-corrected chi connectivity index (χ2v) is 7.83. The van der Waals surface area contributed by atoms with Crippen LogP contribution >= 0.6 is 11.3 Å². The lowest BCUT2D eigenvalue weighted by atomic mass is 10.2. The van der Waals surface area contributed by atoms with E-state index in [4.69, 9.17) is 14.2 Å². The number of hydrogen-bond acceptors (Lipinski definition) is 6. The van der Waals surface area contributed by atoms with Crippen LogP contribution in [-0.4, -0.2) is 25.1 Å². The predicted molar refractivity (Wildman–Crippen MR) is 126 cm³/mol. The first-order chi connectivity index (χ1) is 16.1. The Balaban J connectivity index is 1.50. The first-order valence-corrected chi connectivity index (χ1v) is 10.9. The lowest BCUT2D eigenvalue weighted by Crippen LogP contribution is -2.13. The number of benzene rings is 3. The number of para-hydroxylation sites is 1. The van der Waals surface area contributed by atoms with Crippen molar-refractivity contribution in [3.8, 4) is 27.8 Å². The van der Waals surface area contributed by atoms with Crippen LogP contribution in [0.1, 0.15) is 16.1 Å². The second-order valence-electron chi connectivity index (χ2n) is 6.97. The maximum absolute atomic E-state index is 13.1. The van der Waals surface area contributed by atoms with Gasteiger partial charge in [-0.1, -0.05) is 24.3 Å². The zero-order valence-electron chi connectivity index (χ0n) is 18.0. The molecule has 3 aromatic carbocycles. The molecule has 0 aliphatic carbocycles. The third-order valence-electron chi connectivity index (χ3n) is 4.82. The van der Waals surface area contributed by atoms with E-state index in [0.29, 0.717) is 27.9 Å². The summed E-state index contributed by atoms with van der Waals surface area (Å²) < 4.78 is 29.6. The normalized spacial score (nSPS) is 10.5. The molecular weight excluding hydrogens is 443 g/mol. The molecule has 0 saturated carbocycles. The van der Waals surface area contributed by atoms with Crippen LogP contribution in [0.3, 0.4) is 0 Å². The van der Waals surface area contributed by atoms with Crippen LogP contribution in [0, 0.1) is 5.82 Å². The summed E-state index contributed by atoms with van der Waals surface area (Å²) in [5.74, 6) is 1.08. The number of nitrogens with zero attached hydrogens (tertiary/aromatic N) is 1. The third kappa shape index (κ3) is 5.30. The third-order valence-corrected chi connectivity index (χ3v) is 5.69. The summed E-state index contributed by atoms with van der Waals surface area (Å²) in [5.41, 5.74) is 2.41. The number of amides is 1. The first kappa shape index (κ1) is 22.3. The van der Waals surface area contributed by atoms with Gasteiger partial charge in [0.15, 0.2) is 0 Å². The van der Waals surface area contributed by atoms with Gasteiger partial charge in [-0.25, -0.2) is 9.37 Å². The van der Waals surface area contributed by atoms with E-state index in [1.165, 1.54) is 30.6 Å². The van der Waals surface area contributed by atoms with E-state index in [1.807, 2.05) is 24.3 Å². The second kappa shape index (κ2) is 10.1. The Morgan fingerprint density at radius 2 is 1.79 bits per heavy atom. The Bertz CT molecular complexity index is 1260. The minimum absolute atomic E-state index is 0.279. The molecule has 1 heterocycles. The van der Waals surface area contributed by atoms with E-state index in [9.17, 15) is 9.18 Å². The molecule has 33 heavy (non-hydrogen) atoms. The van der Waals surface area contributed by atoms with Crippen molar-refractivity contribution in [3.05, 3.63) is 89.2 Å². The van der Waals surface area contributed by atoms with Gasteiger partial charge in [0, 0.05) is 11.4 Å². The number of nitrogens with one attached hydrogen (secondary N) is 1. The van der Waals surface area contributed by atoms with Crippen molar-refractivity contribution >= 4 is 22.9 Å². The van der Waals surface area contributed by atoms with Crippen LogP contribution in [0.4, 0.5) is 10.1 Å². The molecule has 0 aliphatic rings. The summed E-state index contributed by atoms with van der Waals surface area (Å²) in [6, 6.07) is 18.7. The van der Waals surface area contributed by atoms with E-state index in [-0.39, 0.29) is 24.0 Å². The molecule has 168 valence electrons. The zero-order chi connectivity index (χ0) is 23.2. The minimum Gasteiger partial charge on any atom is -0.497 e. The monoisotopic (exact) mass is 464 g/mol. The minimum atomic E-state index is -0.356. The van der Waals surface area contributed by atoms with Gasteiger partial charge in [0.2, 0.25) is 0 Å². The molecular formula is C25H21FN2O4S. The van der Waals surface area contributed by atoms with Crippen LogP contribution in [-0.2, 0) is 6.61 Å². The Morgan fingerprint density at radius 3 is 2.55 bits per heavy atom. The van der Waals surface area contributed by atoms with Gasteiger partial charge in [0.1, 0.15) is 40.4 Å². The number of rotatable bonds is 8. The SMILES string of the molecule is COc1ccc(NC(=O)c2csc(-c3ccccc3OCc3ccc(F)cc3)n2)c(OC)c1. The van der Waals surface area contributed by atoms with Crippen LogP contribution in [0.25, 0.3) is 10.6 Å². The fraction of sp³-hybridized carbons (Fsp3) is 0.120. The number of methoxy groups -OCH3 is 2. The largest absolute Gasteiger partial charge is 0.497 e. The van der Waals surface area contributed by atoms with Gasteiger partial charge >= 0.3 is 0 Å². The fourth-order valence-electron chi connectivity index (χ4n) is 3.10. The van der Waals surface area contributed by atoms with Crippen LogP contribution < -0.4 is 19.5 Å². The highest BCUT2D eigenvalue weighted by atomic mass is 32.1. The van der Waals surface area contributed by atoms with Gasteiger partial charge in [-0.05, 0) is 42.0 Å². The molecule has 4 rings (SSSR count). The van der Waals surface area contributed by atoms with Crippen LogP contribution in [0.5, 0.6) is 17.2 Å². The summed E-state index contributed by atoms with van der Waals surface area (Å²) in [6.07, 6.45) is 0.